The Labute approximate surface area is 131 Å². The van der Waals surface area contributed by atoms with Gasteiger partial charge in [-0.05, 0) is 6.42 Å². The number of nitrogens with zero attached hydrogens (tertiary/aromatic N) is 1. The Bertz CT molecular complexity index is 585. The van der Waals surface area contributed by atoms with Crippen LogP contribution in [0.4, 0.5) is 0 Å². The number of pyridine rings is 1. The molecule has 0 saturated heterocycles. The standard InChI is InChI=1S/C15H23NO5S/c1-2-3-4-5-9-14(15(17)18)22(20,21)12-10-13-8-6-7-11-16(13)19/h6-8,11,14H,2-5,9-10,12H2,1H3,(H,17,18). The predicted molar refractivity (Wildman–Crippen MR) is 83.1 cm³/mol. The fraction of sp³-hybridized carbons (Fsp3) is 0.600. The summed E-state index contributed by atoms with van der Waals surface area (Å²) in [6.45, 7) is 2.03. The van der Waals surface area contributed by atoms with Crippen molar-refractivity contribution in [1.29, 1.82) is 0 Å². The lowest BCUT2D eigenvalue weighted by Gasteiger charge is -2.13. The van der Waals surface area contributed by atoms with Gasteiger partial charge in [-0.25, -0.2) is 8.42 Å². The second-order valence-electron chi connectivity index (χ2n) is 5.31. The van der Waals surface area contributed by atoms with Gasteiger partial charge in [-0.15, -0.1) is 0 Å². The molecule has 1 atom stereocenters. The van der Waals surface area contributed by atoms with Crippen LogP contribution in [0.5, 0.6) is 0 Å². The van der Waals surface area contributed by atoms with Gasteiger partial charge in [-0.1, -0.05) is 38.7 Å². The zero-order valence-corrected chi connectivity index (χ0v) is 13.6. The van der Waals surface area contributed by atoms with E-state index in [2.05, 4.69) is 0 Å². The van der Waals surface area contributed by atoms with Crippen LogP contribution in [0.25, 0.3) is 0 Å². The molecule has 0 fully saturated rings. The molecule has 0 bridgehead atoms. The normalized spacial score (nSPS) is 13.0. The van der Waals surface area contributed by atoms with E-state index >= 15 is 0 Å². The first kappa shape index (κ1) is 18.4. The molecule has 7 heteroatoms. The number of aromatic nitrogens is 1. The topological polar surface area (TPSA) is 98.4 Å². The molecule has 22 heavy (non-hydrogen) atoms. The van der Waals surface area contributed by atoms with Crippen LogP contribution in [0, 0.1) is 5.21 Å². The molecular weight excluding hydrogens is 306 g/mol. The van der Waals surface area contributed by atoms with E-state index in [1.807, 2.05) is 6.92 Å². The van der Waals surface area contributed by atoms with Gasteiger partial charge in [-0.3, -0.25) is 4.79 Å². The van der Waals surface area contributed by atoms with E-state index in [0.717, 1.165) is 19.3 Å². The molecule has 6 nitrogen and oxygen atoms in total. The fourth-order valence-corrected chi connectivity index (χ4v) is 3.87. The Kier molecular flexibility index (Phi) is 7.31. The van der Waals surface area contributed by atoms with E-state index < -0.39 is 21.1 Å². The molecule has 0 spiro atoms. The van der Waals surface area contributed by atoms with Crippen LogP contribution in [-0.4, -0.2) is 30.5 Å². The van der Waals surface area contributed by atoms with Gasteiger partial charge in [-0.2, -0.15) is 4.73 Å². The molecular formula is C15H23NO5S. The number of carboxylic acids is 1. The van der Waals surface area contributed by atoms with Gasteiger partial charge >= 0.3 is 5.97 Å². The molecule has 1 heterocycles. The summed E-state index contributed by atoms with van der Waals surface area (Å²) < 4.78 is 25.1. The average molecular weight is 329 g/mol. The molecule has 1 unspecified atom stereocenters. The molecule has 1 N–H and O–H groups in total. The molecule has 0 aliphatic carbocycles. The van der Waals surface area contributed by atoms with Gasteiger partial charge in [0.2, 0.25) is 0 Å². The number of carbonyl (C=O) groups is 1. The maximum absolute atomic E-state index is 12.2. The van der Waals surface area contributed by atoms with Gasteiger partial charge in [0, 0.05) is 18.6 Å². The Balaban J connectivity index is 2.68. The Morgan fingerprint density at radius 1 is 1.32 bits per heavy atom. The van der Waals surface area contributed by atoms with Crippen molar-refractivity contribution in [2.75, 3.05) is 5.75 Å². The molecule has 124 valence electrons. The number of unbranched alkanes of at least 4 members (excludes halogenated alkanes) is 3. The third kappa shape index (κ3) is 5.63. The average Bonchev–Trinajstić information content (AvgIpc) is 2.45. The molecule has 0 amide bonds. The Morgan fingerprint density at radius 2 is 2.05 bits per heavy atom. The van der Waals surface area contributed by atoms with Crippen LogP contribution in [-0.2, 0) is 21.1 Å². The molecule has 1 rings (SSSR count). The summed E-state index contributed by atoms with van der Waals surface area (Å²) in [5.74, 6) is -1.64. The zero-order valence-electron chi connectivity index (χ0n) is 12.8. The van der Waals surface area contributed by atoms with E-state index in [4.69, 9.17) is 0 Å². The Hall–Kier alpha value is -1.63. The second-order valence-corrected chi connectivity index (χ2v) is 7.61. The van der Waals surface area contributed by atoms with Crippen molar-refractivity contribution in [3.05, 3.63) is 35.3 Å². The number of aryl methyl sites for hydroxylation is 1. The Morgan fingerprint density at radius 3 is 2.64 bits per heavy atom. The number of rotatable bonds is 10. The largest absolute Gasteiger partial charge is 0.619 e. The number of aliphatic carboxylic acids is 1. The summed E-state index contributed by atoms with van der Waals surface area (Å²) in [7, 11) is -3.78. The molecule has 0 aromatic carbocycles. The molecule has 0 aliphatic heterocycles. The zero-order chi connectivity index (χ0) is 16.6. The first-order valence-electron chi connectivity index (χ1n) is 7.50. The quantitative estimate of drug-likeness (QED) is 0.400. The van der Waals surface area contributed by atoms with Gasteiger partial charge in [0.25, 0.3) is 0 Å². The van der Waals surface area contributed by atoms with Gasteiger partial charge < -0.3 is 10.3 Å². The minimum Gasteiger partial charge on any atom is -0.619 e. The molecule has 0 aliphatic rings. The highest BCUT2D eigenvalue weighted by atomic mass is 32.2. The van der Waals surface area contributed by atoms with E-state index in [1.165, 1.54) is 6.20 Å². The van der Waals surface area contributed by atoms with Gasteiger partial charge in [0.05, 0.1) is 5.75 Å². The number of hydrogen-bond acceptors (Lipinski definition) is 4. The van der Waals surface area contributed by atoms with E-state index in [1.54, 1.807) is 18.2 Å². The number of hydrogen-bond donors (Lipinski definition) is 1. The number of sulfone groups is 1. The first-order valence-corrected chi connectivity index (χ1v) is 9.21. The van der Waals surface area contributed by atoms with Crippen LogP contribution in [0.15, 0.2) is 24.4 Å². The van der Waals surface area contributed by atoms with E-state index in [0.29, 0.717) is 16.8 Å². The third-order valence-corrected chi connectivity index (χ3v) is 5.65. The van der Waals surface area contributed by atoms with Crippen molar-refractivity contribution in [3.8, 4) is 0 Å². The van der Waals surface area contributed by atoms with Crippen molar-refractivity contribution in [2.24, 2.45) is 0 Å². The lowest BCUT2D eigenvalue weighted by atomic mass is 10.1. The highest BCUT2D eigenvalue weighted by molar-refractivity contribution is 7.92. The maximum Gasteiger partial charge on any atom is 0.321 e. The summed E-state index contributed by atoms with van der Waals surface area (Å²) in [5.41, 5.74) is 0.321. The van der Waals surface area contributed by atoms with Crippen molar-refractivity contribution >= 4 is 15.8 Å². The van der Waals surface area contributed by atoms with Crippen molar-refractivity contribution in [1.82, 2.24) is 0 Å². The second kappa shape index (κ2) is 8.73. The van der Waals surface area contributed by atoms with Crippen LogP contribution in [0.2, 0.25) is 0 Å². The molecule has 0 radical (unpaired) electrons. The highest BCUT2D eigenvalue weighted by Crippen LogP contribution is 2.14. The van der Waals surface area contributed by atoms with Gasteiger partial charge in [0.15, 0.2) is 27.0 Å². The maximum atomic E-state index is 12.2. The monoisotopic (exact) mass is 329 g/mol. The minimum atomic E-state index is -3.78. The molecule has 1 aromatic heterocycles. The minimum absolute atomic E-state index is 0.0193. The summed E-state index contributed by atoms with van der Waals surface area (Å²) in [4.78, 5) is 11.2. The van der Waals surface area contributed by atoms with Gasteiger partial charge in [0.1, 0.15) is 0 Å². The van der Waals surface area contributed by atoms with E-state index in [9.17, 15) is 23.5 Å². The lowest BCUT2D eigenvalue weighted by Crippen LogP contribution is -2.36. The van der Waals surface area contributed by atoms with Crippen LogP contribution in [0.1, 0.15) is 44.7 Å². The smallest absolute Gasteiger partial charge is 0.321 e. The summed E-state index contributed by atoms with van der Waals surface area (Å²) in [5, 5.41) is 19.3. The fourth-order valence-electron chi connectivity index (χ4n) is 2.26. The molecule has 0 saturated carbocycles. The summed E-state index contributed by atoms with van der Waals surface area (Å²) in [6, 6.07) is 4.74. The highest BCUT2D eigenvalue weighted by Gasteiger charge is 2.32. The van der Waals surface area contributed by atoms with E-state index in [-0.39, 0.29) is 18.6 Å². The number of carboxylic acid groups (broad SMARTS) is 1. The van der Waals surface area contributed by atoms with Crippen LogP contribution in [0.3, 0.4) is 0 Å². The lowest BCUT2D eigenvalue weighted by molar-refractivity contribution is -0.613. The van der Waals surface area contributed by atoms with Crippen molar-refractivity contribution in [2.45, 2.75) is 50.7 Å². The SMILES string of the molecule is CCCCCCC(C(=O)O)S(=O)(=O)CCc1cccc[n+]1[O-]. The summed E-state index contributed by atoms with van der Waals surface area (Å²) in [6.07, 6.45) is 4.82. The summed E-state index contributed by atoms with van der Waals surface area (Å²) >= 11 is 0. The predicted octanol–water partition coefficient (Wildman–Crippen LogP) is 1.70. The van der Waals surface area contributed by atoms with Crippen molar-refractivity contribution in [3.63, 3.8) is 0 Å². The first-order chi connectivity index (χ1) is 10.4. The van der Waals surface area contributed by atoms with Crippen molar-refractivity contribution < 1.29 is 23.0 Å². The molecule has 1 aromatic rings. The van der Waals surface area contributed by atoms with Crippen LogP contribution < -0.4 is 4.73 Å². The third-order valence-electron chi connectivity index (χ3n) is 3.58. The van der Waals surface area contributed by atoms with Crippen LogP contribution >= 0.6 is 0 Å².